The van der Waals surface area contributed by atoms with Gasteiger partial charge in [-0.3, -0.25) is 4.90 Å². The summed E-state index contributed by atoms with van der Waals surface area (Å²) in [7, 11) is 0. The SMILES string of the molecule is CC(C)(C)N(C(=O)O)c1ccc(-c2cc3cc(Cl)cc(NC4CCCC4)c3[nH]2)cc1. The van der Waals surface area contributed by atoms with Gasteiger partial charge in [-0.1, -0.05) is 36.6 Å². The zero-order chi connectivity index (χ0) is 21.5. The van der Waals surface area contributed by atoms with Crippen molar-refractivity contribution in [3.63, 3.8) is 0 Å². The van der Waals surface area contributed by atoms with Crippen LogP contribution in [0.1, 0.15) is 46.5 Å². The van der Waals surface area contributed by atoms with E-state index in [-0.39, 0.29) is 0 Å². The minimum atomic E-state index is -0.960. The predicted molar refractivity (Wildman–Crippen MR) is 125 cm³/mol. The van der Waals surface area contributed by atoms with Crippen LogP contribution >= 0.6 is 11.6 Å². The van der Waals surface area contributed by atoms with Gasteiger partial charge in [0.05, 0.1) is 11.2 Å². The molecule has 1 aromatic heterocycles. The number of nitrogens with one attached hydrogen (secondary N) is 2. The zero-order valence-corrected chi connectivity index (χ0v) is 18.4. The lowest BCUT2D eigenvalue weighted by molar-refractivity contribution is 0.195. The number of hydrogen-bond donors (Lipinski definition) is 3. The van der Waals surface area contributed by atoms with E-state index in [1.165, 1.54) is 30.6 Å². The standard InChI is InChI=1S/C24H28ClN3O2/c1-24(2,3)28(23(29)30)19-10-8-15(9-11-19)20-13-16-12-17(25)14-21(22(16)27-20)26-18-6-4-5-7-18/h8-14,18,26-27H,4-7H2,1-3H3,(H,29,30). The number of fused-ring (bicyclic) bond motifs is 1. The van der Waals surface area contributed by atoms with Gasteiger partial charge in [-0.25, -0.2) is 4.79 Å². The van der Waals surface area contributed by atoms with E-state index >= 15 is 0 Å². The van der Waals surface area contributed by atoms with E-state index < -0.39 is 11.6 Å². The Morgan fingerprint density at radius 2 is 1.80 bits per heavy atom. The summed E-state index contributed by atoms with van der Waals surface area (Å²) in [6.07, 6.45) is 3.96. The van der Waals surface area contributed by atoms with E-state index in [2.05, 4.69) is 16.4 Å². The second kappa shape index (κ2) is 7.88. The molecule has 0 saturated heterocycles. The minimum Gasteiger partial charge on any atom is -0.465 e. The molecule has 3 aromatic rings. The number of anilines is 2. The van der Waals surface area contributed by atoms with Gasteiger partial charge in [0, 0.05) is 33.4 Å². The number of hydrogen-bond acceptors (Lipinski definition) is 2. The van der Waals surface area contributed by atoms with Crippen LogP contribution in [-0.2, 0) is 0 Å². The summed E-state index contributed by atoms with van der Waals surface area (Å²) in [5.41, 5.74) is 4.19. The first-order valence-corrected chi connectivity index (χ1v) is 10.8. The molecule has 1 aliphatic rings. The van der Waals surface area contributed by atoms with Gasteiger partial charge in [-0.2, -0.15) is 0 Å². The second-order valence-electron chi connectivity index (χ2n) is 9.06. The van der Waals surface area contributed by atoms with Gasteiger partial charge in [0.2, 0.25) is 0 Å². The van der Waals surface area contributed by atoms with E-state index in [0.717, 1.165) is 27.8 Å². The molecule has 1 aliphatic carbocycles. The number of nitrogens with zero attached hydrogens (tertiary/aromatic N) is 1. The van der Waals surface area contributed by atoms with Gasteiger partial charge >= 0.3 is 6.09 Å². The fourth-order valence-electron chi connectivity index (χ4n) is 4.34. The highest BCUT2D eigenvalue weighted by molar-refractivity contribution is 6.32. The van der Waals surface area contributed by atoms with Crippen LogP contribution in [0.3, 0.4) is 0 Å². The number of aromatic amines is 1. The van der Waals surface area contributed by atoms with Crippen molar-refractivity contribution in [3.8, 4) is 11.3 Å². The fourth-order valence-corrected chi connectivity index (χ4v) is 4.57. The maximum Gasteiger partial charge on any atom is 0.412 e. The molecular formula is C24H28ClN3O2. The van der Waals surface area contributed by atoms with E-state index in [4.69, 9.17) is 11.6 Å². The normalized spacial score (nSPS) is 14.9. The minimum absolute atomic E-state index is 0.497. The Labute approximate surface area is 182 Å². The molecule has 0 aliphatic heterocycles. The number of rotatable bonds is 4. The third-order valence-corrected chi connectivity index (χ3v) is 5.92. The highest BCUT2D eigenvalue weighted by Gasteiger charge is 2.27. The van der Waals surface area contributed by atoms with Crippen molar-refractivity contribution in [1.29, 1.82) is 0 Å². The summed E-state index contributed by atoms with van der Waals surface area (Å²) in [5.74, 6) is 0. The first-order valence-electron chi connectivity index (χ1n) is 10.4. The topological polar surface area (TPSA) is 68.4 Å². The summed E-state index contributed by atoms with van der Waals surface area (Å²) in [5, 5.41) is 15.0. The number of carbonyl (C=O) groups is 1. The van der Waals surface area contributed by atoms with Crippen LogP contribution in [0.4, 0.5) is 16.2 Å². The predicted octanol–water partition coefficient (Wildman–Crippen LogP) is 7.13. The van der Waals surface area contributed by atoms with E-state index in [1.807, 2.05) is 57.2 Å². The van der Waals surface area contributed by atoms with Crippen molar-refractivity contribution in [1.82, 2.24) is 4.98 Å². The molecule has 1 fully saturated rings. The van der Waals surface area contributed by atoms with Crippen LogP contribution in [0.2, 0.25) is 5.02 Å². The van der Waals surface area contributed by atoms with Crippen molar-refractivity contribution in [2.45, 2.75) is 58.0 Å². The van der Waals surface area contributed by atoms with Gasteiger partial charge < -0.3 is 15.4 Å². The maximum atomic E-state index is 11.7. The van der Waals surface area contributed by atoms with Gasteiger partial charge in [-0.05, 0) is 69.5 Å². The third-order valence-electron chi connectivity index (χ3n) is 5.71. The largest absolute Gasteiger partial charge is 0.465 e. The fraction of sp³-hybridized carbons (Fsp3) is 0.375. The van der Waals surface area contributed by atoms with Crippen molar-refractivity contribution in [2.75, 3.05) is 10.2 Å². The van der Waals surface area contributed by atoms with Gasteiger partial charge in [0.1, 0.15) is 0 Å². The van der Waals surface area contributed by atoms with Gasteiger partial charge in [0.25, 0.3) is 0 Å². The van der Waals surface area contributed by atoms with Crippen molar-refractivity contribution in [2.24, 2.45) is 0 Å². The number of H-pyrrole nitrogens is 1. The number of aromatic nitrogens is 1. The van der Waals surface area contributed by atoms with Crippen molar-refractivity contribution < 1.29 is 9.90 Å². The Hall–Kier alpha value is -2.66. The highest BCUT2D eigenvalue weighted by Crippen LogP contribution is 2.34. The van der Waals surface area contributed by atoms with Crippen LogP contribution in [-0.4, -0.2) is 27.8 Å². The summed E-state index contributed by atoms with van der Waals surface area (Å²) in [6.45, 7) is 5.65. The summed E-state index contributed by atoms with van der Waals surface area (Å²) in [4.78, 5) is 16.6. The van der Waals surface area contributed by atoms with Crippen LogP contribution in [0.5, 0.6) is 0 Å². The molecule has 0 spiro atoms. The maximum absolute atomic E-state index is 11.7. The summed E-state index contributed by atoms with van der Waals surface area (Å²) in [6, 6.07) is 14.2. The highest BCUT2D eigenvalue weighted by atomic mass is 35.5. The molecule has 2 aromatic carbocycles. The van der Waals surface area contributed by atoms with Crippen LogP contribution in [0.15, 0.2) is 42.5 Å². The molecule has 0 unspecified atom stereocenters. The molecule has 30 heavy (non-hydrogen) atoms. The lowest BCUT2D eigenvalue weighted by Crippen LogP contribution is -2.45. The van der Waals surface area contributed by atoms with E-state index in [1.54, 1.807) is 0 Å². The molecule has 0 radical (unpaired) electrons. The number of benzene rings is 2. The summed E-state index contributed by atoms with van der Waals surface area (Å²) >= 11 is 6.38. The second-order valence-corrected chi connectivity index (χ2v) is 9.50. The molecule has 0 atom stereocenters. The quantitative estimate of drug-likeness (QED) is 0.416. The number of halogens is 1. The molecule has 1 amide bonds. The average Bonchev–Trinajstić information content (AvgIpc) is 3.30. The third kappa shape index (κ3) is 4.12. The molecule has 158 valence electrons. The Bertz CT molecular complexity index is 1060. The Morgan fingerprint density at radius 1 is 1.13 bits per heavy atom. The zero-order valence-electron chi connectivity index (χ0n) is 17.6. The lowest BCUT2D eigenvalue weighted by Gasteiger charge is -2.33. The Balaban J connectivity index is 1.67. The molecule has 1 saturated carbocycles. The van der Waals surface area contributed by atoms with E-state index in [9.17, 15) is 9.90 Å². The Kier molecular flexibility index (Phi) is 5.41. The van der Waals surface area contributed by atoms with Gasteiger partial charge in [-0.15, -0.1) is 0 Å². The molecule has 5 nitrogen and oxygen atoms in total. The number of amides is 1. The molecule has 3 N–H and O–H groups in total. The van der Waals surface area contributed by atoms with Crippen molar-refractivity contribution >= 4 is 40.0 Å². The molecule has 0 bridgehead atoms. The smallest absolute Gasteiger partial charge is 0.412 e. The monoisotopic (exact) mass is 425 g/mol. The first-order chi connectivity index (χ1) is 14.2. The molecule has 6 heteroatoms. The lowest BCUT2D eigenvalue weighted by atomic mass is 10.0. The molecule has 4 rings (SSSR count). The average molecular weight is 426 g/mol. The van der Waals surface area contributed by atoms with Crippen LogP contribution < -0.4 is 10.2 Å². The van der Waals surface area contributed by atoms with Crippen LogP contribution in [0.25, 0.3) is 22.2 Å². The van der Waals surface area contributed by atoms with Gasteiger partial charge in [0.15, 0.2) is 0 Å². The molecular weight excluding hydrogens is 398 g/mol. The van der Waals surface area contributed by atoms with Crippen LogP contribution in [0, 0.1) is 0 Å². The number of carboxylic acid groups (broad SMARTS) is 1. The molecule has 1 heterocycles. The van der Waals surface area contributed by atoms with E-state index in [0.29, 0.717) is 16.8 Å². The van der Waals surface area contributed by atoms with Crippen molar-refractivity contribution in [3.05, 3.63) is 47.5 Å². The first kappa shape index (κ1) is 20.6. The Morgan fingerprint density at radius 3 is 2.40 bits per heavy atom. The summed E-state index contributed by atoms with van der Waals surface area (Å²) < 4.78 is 0.